The summed E-state index contributed by atoms with van der Waals surface area (Å²) in [6.07, 6.45) is 4.40. The lowest BCUT2D eigenvalue weighted by atomic mass is 9.82. The number of amides is 2. The highest BCUT2D eigenvalue weighted by atomic mass is 32.1. The van der Waals surface area contributed by atoms with Crippen LogP contribution in [0.3, 0.4) is 0 Å². The molecule has 1 aliphatic heterocycles. The molecule has 3 aromatic rings. The summed E-state index contributed by atoms with van der Waals surface area (Å²) in [5.74, 6) is 1.48. The number of rotatable bonds is 7. The number of carbonyl (C=O) groups excluding carboxylic acids is 1. The molecule has 1 saturated heterocycles. The van der Waals surface area contributed by atoms with Crippen LogP contribution in [0.15, 0.2) is 42.0 Å². The highest BCUT2D eigenvalue weighted by Gasteiger charge is 2.26. The van der Waals surface area contributed by atoms with E-state index in [1.165, 1.54) is 11.3 Å². The molecule has 1 aromatic carbocycles. The summed E-state index contributed by atoms with van der Waals surface area (Å²) in [6.45, 7) is 6.17. The van der Waals surface area contributed by atoms with Crippen LogP contribution in [0.25, 0.3) is 0 Å². The van der Waals surface area contributed by atoms with Gasteiger partial charge in [0.05, 0.1) is 12.8 Å². The summed E-state index contributed by atoms with van der Waals surface area (Å²) in [5.41, 5.74) is 8.45. The zero-order valence-corrected chi connectivity index (χ0v) is 19.9. The number of carbonyl (C=O) groups is 1. The molecule has 4 N–H and O–H groups in total. The van der Waals surface area contributed by atoms with Crippen molar-refractivity contribution in [2.75, 3.05) is 30.4 Å². The van der Waals surface area contributed by atoms with Crippen molar-refractivity contribution < 1.29 is 9.53 Å². The van der Waals surface area contributed by atoms with Gasteiger partial charge in [-0.05, 0) is 24.1 Å². The Morgan fingerprint density at radius 3 is 2.64 bits per heavy atom. The van der Waals surface area contributed by atoms with Gasteiger partial charge in [-0.1, -0.05) is 26.0 Å². The van der Waals surface area contributed by atoms with Gasteiger partial charge in [0.1, 0.15) is 5.75 Å². The van der Waals surface area contributed by atoms with E-state index in [0.29, 0.717) is 17.6 Å². The maximum absolute atomic E-state index is 12.4. The number of ether oxygens (including phenoxy) is 1. The van der Waals surface area contributed by atoms with Gasteiger partial charge in [-0.3, -0.25) is 5.32 Å². The number of benzene rings is 1. The number of nitrogens with two attached hydrogens (primary N) is 1. The summed E-state index contributed by atoms with van der Waals surface area (Å²) in [7, 11) is 1.65. The smallest absolute Gasteiger partial charge is 0.321 e. The van der Waals surface area contributed by atoms with E-state index in [2.05, 4.69) is 44.3 Å². The lowest BCUT2D eigenvalue weighted by Crippen LogP contribution is -2.29. The standard InChI is InChI=1S/C23H29N7O2S/c1-23(2,16-4-6-18(32-3)7-5-16)19-14-33-22(28-19)29-21(31)27-12-15-10-25-20(26-11-15)30-9-8-17(24)13-30/h4-7,10-11,14,17H,8-9,12-13,24H2,1-3H3,(H2,27,28,29,31). The fourth-order valence-electron chi connectivity index (χ4n) is 3.67. The Balaban J connectivity index is 1.31. The first-order valence-corrected chi connectivity index (χ1v) is 11.7. The predicted octanol–water partition coefficient (Wildman–Crippen LogP) is 3.13. The molecule has 2 aromatic heterocycles. The Labute approximate surface area is 197 Å². The molecule has 1 atom stereocenters. The number of nitrogens with zero attached hydrogens (tertiary/aromatic N) is 4. The molecule has 33 heavy (non-hydrogen) atoms. The molecule has 174 valence electrons. The maximum Gasteiger partial charge on any atom is 0.321 e. The van der Waals surface area contributed by atoms with E-state index in [0.717, 1.165) is 42.1 Å². The monoisotopic (exact) mass is 467 g/mol. The van der Waals surface area contributed by atoms with Gasteiger partial charge in [0.2, 0.25) is 5.95 Å². The van der Waals surface area contributed by atoms with Crippen LogP contribution in [0.1, 0.15) is 37.1 Å². The van der Waals surface area contributed by atoms with Crippen LogP contribution in [0.4, 0.5) is 15.9 Å². The third-order valence-electron chi connectivity index (χ3n) is 5.83. The van der Waals surface area contributed by atoms with E-state index in [9.17, 15) is 4.79 Å². The van der Waals surface area contributed by atoms with E-state index in [1.54, 1.807) is 19.5 Å². The minimum absolute atomic E-state index is 0.173. The fourth-order valence-corrected chi connectivity index (χ4v) is 4.54. The molecular formula is C23H29N7O2S. The molecule has 1 fully saturated rings. The quantitative estimate of drug-likeness (QED) is 0.488. The molecule has 0 radical (unpaired) electrons. The lowest BCUT2D eigenvalue weighted by molar-refractivity contribution is 0.251. The number of hydrogen-bond acceptors (Lipinski definition) is 8. The van der Waals surface area contributed by atoms with Gasteiger partial charge >= 0.3 is 6.03 Å². The second-order valence-electron chi connectivity index (χ2n) is 8.59. The molecule has 2 amide bonds. The van der Waals surface area contributed by atoms with Gasteiger partial charge in [0.25, 0.3) is 0 Å². The number of hydrogen-bond donors (Lipinski definition) is 3. The summed E-state index contributed by atoms with van der Waals surface area (Å²) >= 11 is 1.40. The zero-order valence-electron chi connectivity index (χ0n) is 19.0. The third-order valence-corrected chi connectivity index (χ3v) is 6.59. The number of nitrogens with one attached hydrogen (secondary N) is 2. The molecular weight excluding hydrogens is 438 g/mol. The Bertz CT molecular complexity index is 1080. The van der Waals surface area contributed by atoms with E-state index in [4.69, 9.17) is 10.5 Å². The topological polar surface area (TPSA) is 118 Å². The van der Waals surface area contributed by atoms with Crippen LogP contribution in [0.5, 0.6) is 5.75 Å². The van der Waals surface area contributed by atoms with Crippen molar-refractivity contribution in [2.24, 2.45) is 5.73 Å². The minimum Gasteiger partial charge on any atom is -0.497 e. The number of methoxy groups -OCH3 is 1. The average Bonchev–Trinajstić information content (AvgIpc) is 3.47. The first-order chi connectivity index (χ1) is 15.8. The Kier molecular flexibility index (Phi) is 6.75. The van der Waals surface area contributed by atoms with Gasteiger partial charge in [-0.25, -0.2) is 19.7 Å². The average molecular weight is 468 g/mol. The van der Waals surface area contributed by atoms with Gasteiger partial charge in [-0.2, -0.15) is 0 Å². The number of thiazole rings is 1. The molecule has 9 nitrogen and oxygen atoms in total. The molecule has 0 bridgehead atoms. The first kappa shape index (κ1) is 22.9. The van der Waals surface area contributed by atoms with Crippen LogP contribution in [0.2, 0.25) is 0 Å². The maximum atomic E-state index is 12.4. The predicted molar refractivity (Wildman–Crippen MR) is 130 cm³/mol. The van der Waals surface area contributed by atoms with E-state index < -0.39 is 0 Å². The molecule has 0 aliphatic carbocycles. The van der Waals surface area contributed by atoms with Crippen molar-refractivity contribution in [3.8, 4) is 5.75 Å². The minimum atomic E-state index is -0.326. The number of aromatic nitrogens is 3. The lowest BCUT2D eigenvalue weighted by Gasteiger charge is -2.23. The highest BCUT2D eigenvalue weighted by Crippen LogP contribution is 2.34. The zero-order chi connectivity index (χ0) is 23.4. The van der Waals surface area contributed by atoms with Crippen molar-refractivity contribution in [2.45, 2.75) is 38.3 Å². The second kappa shape index (κ2) is 9.72. The Morgan fingerprint density at radius 2 is 2.00 bits per heavy atom. The van der Waals surface area contributed by atoms with Gasteiger partial charge in [-0.15, -0.1) is 11.3 Å². The van der Waals surface area contributed by atoms with E-state index in [-0.39, 0.29) is 17.5 Å². The Morgan fingerprint density at radius 1 is 1.27 bits per heavy atom. The van der Waals surface area contributed by atoms with E-state index >= 15 is 0 Å². The molecule has 1 unspecified atom stereocenters. The van der Waals surface area contributed by atoms with Gasteiger partial charge in [0.15, 0.2) is 5.13 Å². The third kappa shape index (κ3) is 5.40. The first-order valence-electron chi connectivity index (χ1n) is 10.8. The van der Waals surface area contributed by atoms with E-state index in [1.807, 2.05) is 29.6 Å². The summed E-state index contributed by atoms with van der Waals surface area (Å²) < 4.78 is 5.24. The molecule has 4 rings (SSSR count). The largest absolute Gasteiger partial charge is 0.497 e. The van der Waals surface area contributed by atoms with Crippen LogP contribution in [-0.2, 0) is 12.0 Å². The van der Waals surface area contributed by atoms with Crippen molar-refractivity contribution >= 4 is 28.4 Å². The normalized spacial score (nSPS) is 16.0. The number of anilines is 2. The fraction of sp³-hybridized carbons (Fsp3) is 0.391. The van der Waals surface area contributed by atoms with Crippen LogP contribution in [-0.4, -0.2) is 47.2 Å². The number of urea groups is 1. The molecule has 0 spiro atoms. The summed E-state index contributed by atoms with van der Waals surface area (Å²) in [4.78, 5) is 27.9. The highest BCUT2D eigenvalue weighted by molar-refractivity contribution is 7.13. The molecule has 1 aliphatic rings. The van der Waals surface area contributed by atoms with Crippen molar-refractivity contribution in [3.05, 3.63) is 58.9 Å². The second-order valence-corrected chi connectivity index (χ2v) is 9.44. The van der Waals surface area contributed by atoms with Crippen LogP contribution >= 0.6 is 11.3 Å². The molecule has 0 saturated carbocycles. The van der Waals surface area contributed by atoms with Crippen molar-refractivity contribution in [1.82, 2.24) is 20.3 Å². The van der Waals surface area contributed by atoms with Crippen LogP contribution in [0, 0.1) is 0 Å². The summed E-state index contributed by atoms with van der Waals surface area (Å²) in [6, 6.07) is 7.78. The summed E-state index contributed by atoms with van der Waals surface area (Å²) in [5, 5.41) is 8.15. The van der Waals surface area contributed by atoms with Crippen molar-refractivity contribution in [3.63, 3.8) is 0 Å². The Hall–Kier alpha value is -3.24. The van der Waals surface area contributed by atoms with Gasteiger partial charge in [0, 0.05) is 54.4 Å². The van der Waals surface area contributed by atoms with Crippen LogP contribution < -0.4 is 26.0 Å². The SMILES string of the molecule is COc1ccc(C(C)(C)c2csc(NC(=O)NCc3cnc(N4CCC(N)C4)nc3)n2)cc1. The molecule has 10 heteroatoms. The van der Waals surface area contributed by atoms with Gasteiger partial charge < -0.3 is 20.7 Å². The molecule has 3 heterocycles. The van der Waals surface area contributed by atoms with Crippen molar-refractivity contribution in [1.29, 1.82) is 0 Å².